The zero-order chi connectivity index (χ0) is 18.5. The predicted octanol–water partition coefficient (Wildman–Crippen LogP) is 3.48. The second-order valence-corrected chi connectivity index (χ2v) is 7.54. The maximum Gasteiger partial charge on any atom is 0.254 e. The Kier molecular flexibility index (Phi) is 5.39. The van der Waals surface area contributed by atoms with Gasteiger partial charge in [0.05, 0.1) is 13.2 Å². The molecule has 27 heavy (non-hydrogen) atoms. The molecule has 2 fully saturated rings. The van der Waals surface area contributed by atoms with Crippen LogP contribution in [0.1, 0.15) is 41.6 Å². The zero-order valence-corrected chi connectivity index (χ0v) is 15.7. The Morgan fingerprint density at radius 3 is 2.59 bits per heavy atom. The topological polar surface area (TPSA) is 54.5 Å². The molecule has 0 unspecified atom stereocenters. The van der Waals surface area contributed by atoms with Gasteiger partial charge < -0.3 is 15.0 Å². The van der Waals surface area contributed by atoms with Gasteiger partial charge in [0.2, 0.25) is 0 Å². The smallest absolute Gasteiger partial charge is 0.254 e. The van der Waals surface area contributed by atoms with E-state index in [2.05, 4.69) is 40.6 Å². The summed E-state index contributed by atoms with van der Waals surface area (Å²) >= 11 is 0. The summed E-state index contributed by atoms with van der Waals surface area (Å²) in [7, 11) is 0. The van der Waals surface area contributed by atoms with Gasteiger partial charge in [-0.25, -0.2) is 4.98 Å². The molecule has 1 saturated carbocycles. The summed E-state index contributed by atoms with van der Waals surface area (Å²) < 4.78 is 5.34. The zero-order valence-electron chi connectivity index (χ0n) is 15.7. The number of rotatable bonds is 5. The first-order valence-corrected chi connectivity index (χ1v) is 9.89. The minimum absolute atomic E-state index is 0.0578. The largest absolute Gasteiger partial charge is 0.378 e. The molecule has 0 bridgehead atoms. The monoisotopic (exact) mass is 365 g/mol. The summed E-state index contributed by atoms with van der Waals surface area (Å²) in [6.07, 6.45) is 6.63. The fourth-order valence-electron chi connectivity index (χ4n) is 4.28. The van der Waals surface area contributed by atoms with Gasteiger partial charge in [-0.3, -0.25) is 4.79 Å². The van der Waals surface area contributed by atoms with Gasteiger partial charge in [0.1, 0.15) is 5.82 Å². The van der Waals surface area contributed by atoms with Gasteiger partial charge in [-0.1, -0.05) is 43.2 Å². The van der Waals surface area contributed by atoms with Crippen molar-refractivity contribution >= 4 is 11.7 Å². The van der Waals surface area contributed by atoms with E-state index in [9.17, 15) is 4.79 Å². The number of hydrogen-bond donors (Lipinski definition) is 1. The van der Waals surface area contributed by atoms with Crippen molar-refractivity contribution in [3.63, 3.8) is 0 Å². The molecule has 1 aromatic carbocycles. The van der Waals surface area contributed by atoms with Crippen molar-refractivity contribution in [2.45, 2.75) is 31.1 Å². The van der Waals surface area contributed by atoms with E-state index in [1.807, 2.05) is 11.0 Å². The van der Waals surface area contributed by atoms with Crippen molar-refractivity contribution in [3.05, 3.63) is 59.8 Å². The van der Waals surface area contributed by atoms with E-state index in [4.69, 9.17) is 4.74 Å². The Morgan fingerprint density at radius 1 is 1.11 bits per heavy atom. The van der Waals surface area contributed by atoms with Crippen molar-refractivity contribution in [1.29, 1.82) is 0 Å². The molecule has 2 heterocycles. The summed E-state index contributed by atoms with van der Waals surface area (Å²) in [5.74, 6) is 0.832. The summed E-state index contributed by atoms with van der Waals surface area (Å²) in [6, 6.07) is 14.5. The van der Waals surface area contributed by atoms with Crippen LogP contribution >= 0.6 is 0 Å². The number of nitrogens with zero attached hydrogens (tertiary/aromatic N) is 2. The Hall–Kier alpha value is -2.40. The molecule has 0 radical (unpaired) electrons. The molecule has 1 N–H and O–H groups in total. The van der Waals surface area contributed by atoms with E-state index in [1.165, 1.54) is 31.2 Å². The second kappa shape index (κ2) is 8.09. The van der Waals surface area contributed by atoms with Crippen LogP contribution in [0.15, 0.2) is 48.7 Å². The molecule has 1 aliphatic carbocycles. The molecule has 5 heteroatoms. The molecule has 0 atom stereocenters. The van der Waals surface area contributed by atoms with Gasteiger partial charge in [-0.05, 0) is 30.5 Å². The number of carbonyl (C=O) groups is 1. The lowest BCUT2D eigenvalue weighted by Gasteiger charge is -2.30. The van der Waals surface area contributed by atoms with Crippen LogP contribution in [0.2, 0.25) is 0 Å². The number of morpholine rings is 1. The molecule has 1 aromatic heterocycles. The van der Waals surface area contributed by atoms with E-state index in [0.717, 1.165) is 12.4 Å². The molecule has 5 nitrogen and oxygen atoms in total. The minimum atomic E-state index is 0.0578. The first-order valence-electron chi connectivity index (χ1n) is 9.89. The Bertz CT molecular complexity index is 766. The molecular formula is C22H27N3O2. The number of amides is 1. The molecule has 2 aromatic rings. The summed E-state index contributed by atoms with van der Waals surface area (Å²) in [5, 5.41) is 3.52. The van der Waals surface area contributed by atoms with Crippen molar-refractivity contribution in [1.82, 2.24) is 9.88 Å². The predicted molar refractivity (Wildman–Crippen MR) is 106 cm³/mol. The van der Waals surface area contributed by atoms with Crippen molar-refractivity contribution in [2.75, 3.05) is 38.2 Å². The highest BCUT2D eigenvalue weighted by Gasteiger charge is 2.35. The fourth-order valence-corrected chi connectivity index (χ4v) is 4.28. The van der Waals surface area contributed by atoms with Crippen LogP contribution in [-0.4, -0.2) is 48.6 Å². The molecule has 1 amide bonds. The normalized spacial score (nSPS) is 19.0. The molecule has 142 valence electrons. The quantitative estimate of drug-likeness (QED) is 0.881. The number of hydrogen-bond acceptors (Lipinski definition) is 4. The van der Waals surface area contributed by atoms with Crippen molar-refractivity contribution < 1.29 is 9.53 Å². The van der Waals surface area contributed by atoms with E-state index >= 15 is 0 Å². The number of benzene rings is 1. The lowest BCUT2D eigenvalue weighted by molar-refractivity contribution is 0.0303. The SMILES string of the molecule is O=C(c1ccnc(NCC2(c3ccccc3)CCCC2)c1)N1CCOCC1. The number of nitrogens with one attached hydrogen (secondary N) is 1. The van der Waals surface area contributed by atoms with Gasteiger partial charge in [-0.15, -0.1) is 0 Å². The van der Waals surface area contributed by atoms with Gasteiger partial charge >= 0.3 is 0 Å². The molecular weight excluding hydrogens is 338 g/mol. The van der Waals surface area contributed by atoms with Gasteiger partial charge in [0.25, 0.3) is 5.91 Å². The third kappa shape index (κ3) is 3.98. The van der Waals surface area contributed by atoms with Crippen LogP contribution in [0.25, 0.3) is 0 Å². The number of anilines is 1. The highest BCUT2D eigenvalue weighted by atomic mass is 16.5. The summed E-state index contributed by atoms with van der Waals surface area (Å²) in [6.45, 7) is 3.38. The molecule has 1 saturated heterocycles. The second-order valence-electron chi connectivity index (χ2n) is 7.54. The third-order valence-electron chi connectivity index (χ3n) is 5.86. The van der Waals surface area contributed by atoms with E-state index in [0.29, 0.717) is 31.9 Å². The van der Waals surface area contributed by atoms with Gasteiger partial charge in [0.15, 0.2) is 0 Å². The Labute approximate surface area is 160 Å². The molecule has 1 aliphatic heterocycles. The Balaban J connectivity index is 1.47. The number of aromatic nitrogens is 1. The van der Waals surface area contributed by atoms with Gasteiger partial charge in [0, 0.05) is 36.8 Å². The molecule has 4 rings (SSSR count). The Morgan fingerprint density at radius 2 is 1.85 bits per heavy atom. The first kappa shape index (κ1) is 18.0. The minimum Gasteiger partial charge on any atom is -0.378 e. The number of pyridine rings is 1. The van der Waals surface area contributed by atoms with E-state index in [1.54, 1.807) is 12.3 Å². The van der Waals surface area contributed by atoms with Gasteiger partial charge in [-0.2, -0.15) is 0 Å². The standard InChI is InChI=1S/C22H27N3O2/c26-21(25-12-14-27-15-13-25)18-8-11-23-20(16-18)24-17-22(9-4-5-10-22)19-6-2-1-3-7-19/h1-3,6-8,11,16H,4-5,9-10,12-15,17H2,(H,23,24). The number of ether oxygens (including phenoxy) is 1. The maximum absolute atomic E-state index is 12.7. The van der Waals surface area contributed by atoms with Crippen LogP contribution in [0.3, 0.4) is 0 Å². The lowest BCUT2D eigenvalue weighted by atomic mass is 9.79. The molecule has 0 spiro atoms. The maximum atomic E-state index is 12.7. The average Bonchev–Trinajstić information content (AvgIpc) is 3.23. The van der Waals surface area contributed by atoms with Crippen LogP contribution in [0, 0.1) is 0 Å². The van der Waals surface area contributed by atoms with Crippen molar-refractivity contribution in [3.8, 4) is 0 Å². The van der Waals surface area contributed by atoms with Crippen LogP contribution in [0.5, 0.6) is 0 Å². The molecule has 2 aliphatic rings. The van der Waals surface area contributed by atoms with E-state index < -0.39 is 0 Å². The van der Waals surface area contributed by atoms with Crippen molar-refractivity contribution in [2.24, 2.45) is 0 Å². The van der Waals surface area contributed by atoms with Crippen LogP contribution < -0.4 is 5.32 Å². The summed E-state index contributed by atoms with van der Waals surface area (Å²) in [5.41, 5.74) is 2.25. The third-order valence-corrected chi connectivity index (χ3v) is 5.86. The van der Waals surface area contributed by atoms with Crippen LogP contribution in [-0.2, 0) is 10.2 Å². The highest BCUT2D eigenvalue weighted by molar-refractivity contribution is 5.94. The fraction of sp³-hybridized carbons (Fsp3) is 0.455. The average molecular weight is 365 g/mol. The van der Waals surface area contributed by atoms with Crippen LogP contribution in [0.4, 0.5) is 5.82 Å². The summed E-state index contributed by atoms with van der Waals surface area (Å²) in [4.78, 5) is 19.0. The number of carbonyl (C=O) groups excluding carboxylic acids is 1. The highest BCUT2D eigenvalue weighted by Crippen LogP contribution is 2.41. The first-order chi connectivity index (χ1) is 13.3. The lowest BCUT2D eigenvalue weighted by Crippen LogP contribution is -2.40. The van der Waals surface area contributed by atoms with E-state index in [-0.39, 0.29) is 11.3 Å².